The smallest absolute Gasteiger partial charge is 0.0320 e. The summed E-state index contributed by atoms with van der Waals surface area (Å²) >= 11 is 0. The van der Waals surface area contributed by atoms with Crippen molar-refractivity contribution in [1.29, 1.82) is 0 Å². The molecule has 1 nitrogen and oxygen atoms in total. The summed E-state index contributed by atoms with van der Waals surface area (Å²) in [6.45, 7) is 8.00. The summed E-state index contributed by atoms with van der Waals surface area (Å²) in [7, 11) is 0. The minimum absolute atomic E-state index is 0.534. The fourth-order valence-electron chi connectivity index (χ4n) is 2.37. The standard InChI is InChI=1S/C17H29N/c1-4-7-13-17(16-11-9-8-10-12-16)18-14-15(5-2)6-3/h8-12,15,17-18H,4-7,13-14H2,1-3H3. The van der Waals surface area contributed by atoms with Gasteiger partial charge in [-0.25, -0.2) is 0 Å². The van der Waals surface area contributed by atoms with Gasteiger partial charge in [-0.3, -0.25) is 0 Å². The molecule has 1 N–H and O–H groups in total. The Morgan fingerprint density at radius 1 is 1.00 bits per heavy atom. The first kappa shape index (κ1) is 15.2. The number of nitrogens with one attached hydrogen (secondary N) is 1. The maximum absolute atomic E-state index is 3.77. The Labute approximate surface area is 113 Å². The van der Waals surface area contributed by atoms with E-state index in [0.717, 1.165) is 12.5 Å². The number of benzene rings is 1. The summed E-state index contributed by atoms with van der Waals surface area (Å²) in [6.07, 6.45) is 6.38. The molecule has 0 saturated heterocycles. The minimum Gasteiger partial charge on any atom is -0.310 e. The molecular formula is C17H29N. The number of unbranched alkanes of at least 4 members (excludes halogenated alkanes) is 1. The van der Waals surface area contributed by atoms with Crippen LogP contribution in [0.1, 0.15) is 64.5 Å². The van der Waals surface area contributed by atoms with E-state index in [-0.39, 0.29) is 0 Å². The molecule has 0 amide bonds. The summed E-state index contributed by atoms with van der Waals surface area (Å²) in [4.78, 5) is 0. The molecule has 102 valence electrons. The second kappa shape index (κ2) is 9.16. The molecule has 0 aliphatic carbocycles. The van der Waals surface area contributed by atoms with Gasteiger partial charge in [-0.05, 0) is 24.4 Å². The second-order valence-electron chi connectivity index (χ2n) is 5.20. The molecule has 1 unspecified atom stereocenters. The third kappa shape index (κ3) is 5.22. The van der Waals surface area contributed by atoms with Crippen LogP contribution in [0.4, 0.5) is 0 Å². The van der Waals surface area contributed by atoms with E-state index in [1.54, 1.807) is 0 Å². The van der Waals surface area contributed by atoms with Gasteiger partial charge in [0.1, 0.15) is 0 Å². The molecule has 0 bridgehead atoms. The zero-order valence-electron chi connectivity index (χ0n) is 12.3. The lowest BCUT2D eigenvalue weighted by Crippen LogP contribution is -2.27. The van der Waals surface area contributed by atoms with Crippen LogP contribution in [-0.2, 0) is 0 Å². The Balaban J connectivity index is 2.56. The maximum Gasteiger partial charge on any atom is 0.0320 e. The monoisotopic (exact) mass is 247 g/mol. The molecule has 1 aromatic rings. The Morgan fingerprint density at radius 2 is 1.67 bits per heavy atom. The summed E-state index contributed by atoms with van der Waals surface area (Å²) in [5.41, 5.74) is 1.44. The highest BCUT2D eigenvalue weighted by molar-refractivity contribution is 5.18. The molecule has 1 atom stereocenters. The van der Waals surface area contributed by atoms with E-state index in [9.17, 15) is 0 Å². The summed E-state index contributed by atoms with van der Waals surface area (Å²) in [5, 5.41) is 3.77. The van der Waals surface area contributed by atoms with Crippen molar-refractivity contribution < 1.29 is 0 Å². The zero-order valence-corrected chi connectivity index (χ0v) is 12.3. The molecule has 0 fully saturated rings. The normalized spacial score (nSPS) is 12.9. The lowest BCUT2D eigenvalue weighted by molar-refractivity contribution is 0.395. The van der Waals surface area contributed by atoms with Gasteiger partial charge in [-0.1, -0.05) is 76.8 Å². The average Bonchev–Trinajstić information content (AvgIpc) is 2.44. The molecule has 0 aliphatic heterocycles. The third-order valence-electron chi connectivity index (χ3n) is 3.86. The molecule has 18 heavy (non-hydrogen) atoms. The van der Waals surface area contributed by atoms with Crippen molar-refractivity contribution in [2.24, 2.45) is 5.92 Å². The first-order valence-corrected chi connectivity index (χ1v) is 7.60. The van der Waals surface area contributed by atoms with Crippen molar-refractivity contribution in [3.63, 3.8) is 0 Å². The van der Waals surface area contributed by atoms with Crippen molar-refractivity contribution >= 4 is 0 Å². The highest BCUT2D eigenvalue weighted by atomic mass is 14.9. The Bertz CT molecular complexity index is 290. The van der Waals surface area contributed by atoms with Crippen LogP contribution < -0.4 is 5.32 Å². The van der Waals surface area contributed by atoms with Crippen molar-refractivity contribution in [2.45, 2.75) is 58.9 Å². The summed E-state index contributed by atoms with van der Waals surface area (Å²) in [5.74, 6) is 0.817. The molecule has 0 saturated carbocycles. The lowest BCUT2D eigenvalue weighted by Gasteiger charge is -2.22. The van der Waals surface area contributed by atoms with Gasteiger partial charge in [0.15, 0.2) is 0 Å². The highest BCUT2D eigenvalue weighted by Gasteiger charge is 2.12. The number of hydrogen-bond acceptors (Lipinski definition) is 1. The van der Waals surface area contributed by atoms with E-state index in [2.05, 4.69) is 56.4 Å². The number of rotatable bonds is 9. The molecular weight excluding hydrogens is 218 g/mol. The second-order valence-corrected chi connectivity index (χ2v) is 5.20. The van der Waals surface area contributed by atoms with E-state index in [1.165, 1.54) is 37.7 Å². The van der Waals surface area contributed by atoms with Gasteiger partial charge in [0, 0.05) is 6.04 Å². The summed E-state index contributed by atoms with van der Waals surface area (Å²) < 4.78 is 0. The van der Waals surface area contributed by atoms with E-state index in [4.69, 9.17) is 0 Å². The van der Waals surface area contributed by atoms with Crippen LogP contribution in [0, 0.1) is 5.92 Å². The fourth-order valence-corrected chi connectivity index (χ4v) is 2.37. The van der Waals surface area contributed by atoms with E-state index < -0.39 is 0 Å². The van der Waals surface area contributed by atoms with Gasteiger partial charge in [0.25, 0.3) is 0 Å². The Hall–Kier alpha value is -0.820. The summed E-state index contributed by atoms with van der Waals surface area (Å²) in [6, 6.07) is 11.4. The molecule has 0 heterocycles. The van der Waals surface area contributed by atoms with Gasteiger partial charge in [0.05, 0.1) is 0 Å². The Morgan fingerprint density at radius 3 is 2.22 bits per heavy atom. The molecule has 0 aromatic heterocycles. The molecule has 1 rings (SSSR count). The van der Waals surface area contributed by atoms with Crippen molar-refractivity contribution in [1.82, 2.24) is 5.32 Å². The minimum atomic E-state index is 0.534. The van der Waals surface area contributed by atoms with Crippen LogP contribution in [0.15, 0.2) is 30.3 Å². The SMILES string of the molecule is CCCCC(NCC(CC)CC)c1ccccc1. The zero-order chi connectivity index (χ0) is 13.2. The topological polar surface area (TPSA) is 12.0 Å². The van der Waals surface area contributed by atoms with E-state index >= 15 is 0 Å². The third-order valence-corrected chi connectivity index (χ3v) is 3.86. The van der Waals surface area contributed by atoms with E-state index in [0.29, 0.717) is 6.04 Å². The first-order chi connectivity index (χ1) is 8.81. The van der Waals surface area contributed by atoms with E-state index in [1.807, 2.05) is 0 Å². The molecule has 0 aliphatic rings. The first-order valence-electron chi connectivity index (χ1n) is 7.60. The molecule has 1 aromatic carbocycles. The van der Waals surface area contributed by atoms with Gasteiger partial charge < -0.3 is 5.32 Å². The van der Waals surface area contributed by atoms with Crippen LogP contribution in [0.5, 0.6) is 0 Å². The molecule has 0 radical (unpaired) electrons. The lowest BCUT2D eigenvalue weighted by atomic mass is 9.98. The van der Waals surface area contributed by atoms with Gasteiger partial charge in [-0.2, -0.15) is 0 Å². The van der Waals surface area contributed by atoms with Crippen molar-refractivity contribution in [3.05, 3.63) is 35.9 Å². The molecule has 1 heteroatoms. The van der Waals surface area contributed by atoms with Crippen molar-refractivity contribution in [2.75, 3.05) is 6.54 Å². The van der Waals surface area contributed by atoms with Crippen LogP contribution in [0.2, 0.25) is 0 Å². The largest absolute Gasteiger partial charge is 0.310 e. The highest BCUT2D eigenvalue weighted by Crippen LogP contribution is 2.20. The maximum atomic E-state index is 3.77. The van der Waals surface area contributed by atoms with Gasteiger partial charge in [-0.15, -0.1) is 0 Å². The van der Waals surface area contributed by atoms with Crippen LogP contribution >= 0.6 is 0 Å². The quantitative estimate of drug-likeness (QED) is 0.651. The predicted octanol–water partition coefficient (Wildman–Crippen LogP) is 4.94. The van der Waals surface area contributed by atoms with Crippen molar-refractivity contribution in [3.8, 4) is 0 Å². The fraction of sp³-hybridized carbons (Fsp3) is 0.647. The molecule has 0 spiro atoms. The Kier molecular flexibility index (Phi) is 7.75. The average molecular weight is 247 g/mol. The van der Waals surface area contributed by atoms with Gasteiger partial charge in [0.2, 0.25) is 0 Å². The van der Waals surface area contributed by atoms with Gasteiger partial charge >= 0.3 is 0 Å². The number of hydrogen-bond donors (Lipinski definition) is 1. The van der Waals surface area contributed by atoms with Crippen LogP contribution in [-0.4, -0.2) is 6.54 Å². The van der Waals surface area contributed by atoms with Crippen LogP contribution in [0.25, 0.3) is 0 Å². The van der Waals surface area contributed by atoms with Crippen LogP contribution in [0.3, 0.4) is 0 Å². The predicted molar refractivity (Wildman–Crippen MR) is 80.8 cm³/mol.